The van der Waals surface area contributed by atoms with Crippen LogP contribution in [0.1, 0.15) is 24.0 Å². The summed E-state index contributed by atoms with van der Waals surface area (Å²) in [5.41, 5.74) is 2.59. The molecule has 1 aliphatic rings. The predicted molar refractivity (Wildman–Crippen MR) is 84.8 cm³/mol. The number of benzene rings is 2. The van der Waals surface area contributed by atoms with Crippen LogP contribution in [0.5, 0.6) is 0 Å². The Morgan fingerprint density at radius 3 is 2.14 bits per heavy atom. The number of hydrogen-bond donors (Lipinski definition) is 1. The lowest BCUT2D eigenvalue weighted by molar-refractivity contribution is 0.468. The van der Waals surface area contributed by atoms with E-state index in [1.165, 1.54) is 24.0 Å². The first-order valence-electron chi connectivity index (χ1n) is 7.81. The standard InChI is InChI=1S/C19H22FN/c20-18-8-6-16(7-9-18)13-17(14-21-19-10-11-19)12-15-4-2-1-3-5-15/h1-9,17,19,21H,10-14H2. The van der Waals surface area contributed by atoms with Gasteiger partial charge in [-0.1, -0.05) is 42.5 Å². The first-order valence-corrected chi connectivity index (χ1v) is 7.81. The molecular weight excluding hydrogens is 261 g/mol. The Kier molecular flexibility index (Phi) is 4.66. The van der Waals surface area contributed by atoms with Crippen LogP contribution in [0.15, 0.2) is 54.6 Å². The molecule has 2 heteroatoms. The van der Waals surface area contributed by atoms with Gasteiger partial charge in [-0.15, -0.1) is 0 Å². The van der Waals surface area contributed by atoms with Crippen LogP contribution >= 0.6 is 0 Å². The summed E-state index contributed by atoms with van der Waals surface area (Å²) >= 11 is 0. The average Bonchev–Trinajstić information content (AvgIpc) is 3.32. The van der Waals surface area contributed by atoms with Crippen LogP contribution < -0.4 is 5.32 Å². The van der Waals surface area contributed by atoms with Crippen molar-refractivity contribution < 1.29 is 4.39 Å². The molecule has 0 amide bonds. The van der Waals surface area contributed by atoms with Gasteiger partial charge in [0.15, 0.2) is 0 Å². The second kappa shape index (κ2) is 6.86. The Hall–Kier alpha value is -1.67. The summed E-state index contributed by atoms with van der Waals surface area (Å²) < 4.78 is 13.0. The molecule has 0 bridgehead atoms. The molecule has 1 fully saturated rings. The molecule has 110 valence electrons. The minimum absolute atomic E-state index is 0.158. The fraction of sp³-hybridized carbons (Fsp3) is 0.368. The van der Waals surface area contributed by atoms with Crippen molar-refractivity contribution in [3.63, 3.8) is 0 Å². The van der Waals surface area contributed by atoms with Gasteiger partial charge in [0.25, 0.3) is 0 Å². The molecule has 1 atom stereocenters. The zero-order chi connectivity index (χ0) is 14.5. The van der Waals surface area contributed by atoms with Crippen LogP contribution in [0.3, 0.4) is 0 Å². The van der Waals surface area contributed by atoms with Crippen LogP contribution in [-0.4, -0.2) is 12.6 Å². The van der Waals surface area contributed by atoms with Crippen LogP contribution in [0.4, 0.5) is 4.39 Å². The molecule has 1 saturated carbocycles. The van der Waals surface area contributed by atoms with Gasteiger partial charge in [0, 0.05) is 6.04 Å². The Balaban J connectivity index is 1.64. The summed E-state index contributed by atoms with van der Waals surface area (Å²) in [6.07, 6.45) is 4.69. The third-order valence-corrected chi connectivity index (χ3v) is 4.08. The highest BCUT2D eigenvalue weighted by atomic mass is 19.1. The summed E-state index contributed by atoms with van der Waals surface area (Å²) in [6.45, 7) is 1.04. The van der Waals surface area contributed by atoms with Crippen molar-refractivity contribution in [2.24, 2.45) is 5.92 Å². The van der Waals surface area contributed by atoms with Crippen LogP contribution in [0.2, 0.25) is 0 Å². The van der Waals surface area contributed by atoms with Crippen molar-refractivity contribution in [2.75, 3.05) is 6.54 Å². The van der Waals surface area contributed by atoms with Crippen molar-refractivity contribution in [2.45, 2.75) is 31.7 Å². The van der Waals surface area contributed by atoms with E-state index in [1.54, 1.807) is 12.1 Å². The fourth-order valence-corrected chi connectivity index (χ4v) is 2.74. The van der Waals surface area contributed by atoms with E-state index >= 15 is 0 Å². The molecule has 3 rings (SSSR count). The molecule has 1 unspecified atom stereocenters. The van der Waals surface area contributed by atoms with Crippen molar-refractivity contribution in [3.8, 4) is 0 Å². The van der Waals surface area contributed by atoms with Crippen LogP contribution in [0.25, 0.3) is 0 Å². The molecule has 2 aromatic rings. The minimum atomic E-state index is -0.158. The SMILES string of the molecule is Fc1ccc(CC(CNC2CC2)Cc2ccccc2)cc1. The zero-order valence-electron chi connectivity index (χ0n) is 12.3. The van der Waals surface area contributed by atoms with Crippen molar-refractivity contribution in [3.05, 3.63) is 71.5 Å². The lowest BCUT2D eigenvalue weighted by Crippen LogP contribution is -2.27. The first-order chi connectivity index (χ1) is 10.3. The molecule has 1 nitrogen and oxygen atoms in total. The summed E-state index contributed by atoms with van der Waals surface area (Å²) in [7, 11) is 0. The number of hydrogen-bond acceptors (Lipinski definition) is 1. The van der Waals surface area contributed by atoms with E-state index in [4.69, 9.17) is 0 Å². The molecule has 0 radical (unpaired) electrons. The van der Waals surface area contributed by atoms with E-state index in [1.807, 2.05) is 12.1 Å². The van der Waals surface area contributed by atoms with Gasteiger partial charge in [-0.2, -0.15) is 0 Å². The van der Waals surface area contributed by atoms with Crippen LogP contribution in [-0.2, 0) is 12.8 Å². The van der Waals surface area contributed by atoms with E-state index < -0.39 is 0 Å². The van der Waals surface area contributed by atoms with Crippen molar-refractivity contribution in [1.82, 2.24) is 5.32 Å². The van der Waals surface area contributed by atoms with Gasteiger partial charge in [-0.05, 0) is 61.4 Å². The van der Waals surface area contributed by atoms with E-state index in [0.717, 1.165) is 25.4 Å². The summed E-state index contributed by atoms with van der Waals surface area (Å²) in [4.78, 5) is 0. The summed E-state index contributed by atoms with van der Waals surface area (Å²) in [5.74, 6) is 0.396. The third kappa shape index (κ3) is 4.68. The van der Waals surface area contributed by atoms with Gasteiger partial charge in [-0.25, -0.2) is 4.39 Å². The van der Waals surface area contributed by atoms with Gasteiger partial charge in [0.1, 0.15) is 5.82 Å². The van der Waals surface area contributed by atoms with E-state index in [0.29, 0.717) is 5.92 Å². The largest absolute Gasteiger partial charge is 0.314 e. The van der Waals surface area contributed by atoms with E-state index in [9.17, 15) is 4.39 Å². The minimum Gasteiger partial charge on any atom is -0.314 e. The van der Waals surface area contributed by atoms with Crippen LogP contribution in [0, 0.1) is 11.7 Å². The van der Waals surface area contributed by atoms with Gasteiger partial charge in [-0.3, -0.25) is 0 Å². The van der Waals surface area contributed by atoms with Crippen molar-refractivity contribution in [1.29, 1.82) is 0 Å². The van der Waals surface area contributed by atoms with Gasteiger partial charge >= 0.3 is 0 Å². The Morgan fingerprint density at radius 1 is 0.905 bits per heavy atom. The normalized spacial score (nSPS) is 15.9. The highest BCUT2D eigenvalue weighted by molar-refractivity contribution is 5.19. The summed E-state index contributed by atoms with van der Waals surface area (Å²) in [6, 6.07) is 18.3. The maximum absolute atomic E-state index is 13.0. The molecular formula is C19H22FN. The molecule has 0 heterocycles. The number of nitrogens with one attached hydrogen (secondary N) is 1. The smallest absolute Gasteiger partial charge is 0.123 e. The molecule has 0 aliphatic heterocycles. The molecule has 1 aliphatic carbocycles. The Bertz CT molecular complexity index is 546. The van der Waals surface area contributed by atoms with Gasteiger partial charge in [0.05, 0.1) is 0 Å². The molecule has 0 spiro atoms. The maximum Gasteiger partial charge on any atom is 0.123 e. The van der Waals surface area contributed by atoms with Gasteiger partial charge in [0.2, 0.25) is 0 Å². The quantitative estimate of drug-likeness (QED) is 0.810. The monoisotopic (exact) mass is 283 g/mol. The average molecular weight is 283 g/mol. The Labute approximate surface area is 126 Å². The lowest BCUT2D eigenvalue weighted by atomic mass is 9.92. The third-order valence-electron chi connectivity index (χ3n) is 4.08. The van der Waals surface area contributed by atoms with Gasteiger partial charge < -0.3 is 5.32 Å². The molecule has 1 N–H and O–H groups in total. The lowest BCUT2D eigenvalue weighted by Gasteiger charge is -2.18. The molecule has 21 heavy (non-hydrogen) atoms. The van der Waals surface area contributed by atoms with E-state index in [2.05, 4.69) is 35.6 Å². The highest BCUT2D eigenvalue weighted by Gasteiger charge is 2.22. The molecule has 0 saturated heterocycles. The van der Waals surface area contributed by atoms with E-state index in [-0.39, 0.29) is 5.82 Å². The van der Waals surface area contributed by atoms with Crippen molar-refractivity contribution >= 4 is 0 Å². The predicted octanol–water partition coefficient (Wildman–Crippen LogP) is 3.98. The first kappa shape index (κ1) is 14.3. The second-order valence-corrected chi connectivity index (χ2v) is 6.07. The maximum atomic E-state index is 13.0. The molecule has 2 aromatic carbocycles. The molecule has 0 aromatic heterocycles. The fourth-order valence-electron chi connectivity index (χ4n) is 2.74. The highest BCUT2D eigenvalue weighted by Crippen LogP contribution is 2.21. The topological polar surface area (TPSA) is 12.0 Å². The second-order valence-electron chi connectivity index (χ2n) is 6.07. The zero-order valence-corrected chi connectivity index (χ0v) is 12.3. The number of halogens is 1. The Morgan fingerprint density at radius 2 is 1.52 bits per heavy atom. The number of rotatable bonds is 7. The summed E-state index contributed by atoms with van der Waals surface area (Å²) in [5, 5.41) is 3.63.